The first-order valence-corrected chi connectivity index (χ1v) is 8.95. The highest BCUT2D eigenvalue weighted by Gasteiger charge is 2.08. The smallest absolute Gasteiger partial charge is 0.122 e. The van der Waals surface area contributed by atoms with Crippen LogP contribution in [0.15, 0.2) is 36.4 Å². The number of aryl methyl sites for hydroxylation is 2. The van der Waals surface area contributed by atoms with Gasteiger partial charge in [-0.05, 0) is 54.7 Å². The van der Waals surface area contributed by atoms with Gasteiger partial charge in [0.05, 0.1) is 13.2 Å². The third-order valence-corrected chi connectivity index (χ3v) is 4.17. The van der Waals surface area contributed by atoms with Gasteiger partial charge in [-0.15, -0.1) is 0 Å². The van der Waals surface area contributed by atoms with Crippen molar-refractivity contribution in [1.29, 1.82) is 0 Å². The maximum atomic E-state index is 9.38. The van der Waals surface area contributed by atoms with E-state index in [4.69, 9.17) is 19.7 Å². The molecule has 0 heterocycles. The van der Waals surface area contributed by atoms with Gasteiger partial charge in [0.25, 0.3) is 0 Å². The van der Waals surface area contributed by atoms with Crippen LogP contribution in [0.1, 0.15) is 22.3 Å². The largest absolute Gasteiger partial charge is 0.491 e. The average Bonchev–Trinajstić information content (AvgIpc) is 2.66. The second kappa shape index (κ2) is 10.3. The Balaban J connectivity index is 2.00. The molecule has 0 aliphatic heterocycles. The fourth-order valence-electron chi connectivity index (χ4n) is 2.68. The SMILES string of the molecule is Cc1cc(Cc2ccc(OCC(O)CO)c(C)c2)ccc1OCC(O)CO. The third-order valence-electron chi connectivity index (χ3n) is 4.17. The number of aliphatic hydroxyl groups is 4. The molecule has 0 spiro atoms. The van der Waals surface area contributed by atoms with Crippen LogP contribution in [-0.4, -0.2) is 59.1 Å². The Morgan fingerprint density at radius 3 is 1.48 bits per heavy atom. The second-order valence-electron chi connectivity index (χ2n) is 6.67. The first-order chi connectivity index (χ1) is 12.9. The maximum absolute atomic E-state index is 9.38. The number of hydrogen-bond acceptors (Lipinski definition) is 6. The number of aliphatic hydroxyl groups excluding tert-OH is 4. The van der Waals surface area contributed by atoms with Crippen LogP contribution in [0.2, 0.25) is 0 Å². The molecule has 0 aromatic heterocycles. The Morgan fingerprint density at radius 2 is 1.15 bits per heavy atom. The first-order valence-electron chi connectivity index (χ1n) is 8.95. The second-order valence-corrected chi connectivity index (χ2v) is 6.67. The fraction of sp³-hybridized carbons (Fsp3) is 0.429. The number of ether oxygens (including phenoxy) is 2. The Labute approximate surface area is 159 Å². The van der Waals surface area contributed by atoms with Crippen LogP contribution < -0.4 is 9.47 Å². The van der Waals surface area contributed by atoms with Gasteiger partial charge in [0, 0.05) is 0 Å². The molecule has 0 amide bonds. The molecule has 0 bridgehead atoms. The molecule has 4 N–H and O–H groups in total. The summed E-state index contributed by atoms with van der Waals surface area (Å²) in [5.74, 6) is 1.38. The van der Waals surface area contributed by atoms with Gasteiger partial charge < -0.3 is 29.9 Å². The van der Waals surface area contributed by atoms with Crippen LogP contribution in [0.3, 0.4) is 0 Å². The van der Waals surface area contributed by atoms with Crippen LogP contribution in [-0.2, 0) is 6.42 Å². The van der Waals surface area contributed by atoms with E-state index >= 15 is 0 Å². The van der Waals surface area contributed by atoms with Crippen LogP contribution in [0.25, 0.3) is 0 Å². The van der Waals surface area contributed by atoms with Crippen LogP contribution in [0.4, 0.5) is 0 Å². The van der Waals surface area contributed by atoms with Gasteiger partial charge in [0.1, 0.15) is 36.9 Å². The van der Waals surface area contributed by atoms with Gasteiger partial charge in [-0.2, -0.15) is 0 Å². The van der Waals surface area contributed by atoms with Crippen molar-refractivity contribution in [3.63, 3.8) is 0 Å². The van der Waals surface area contributed by atoms with E-state index in [1.165, 1.54) is 0 Å². The standard InChI is InChI=1S/C21H28O6/c1-14-7-16(3-5-20(14)26-12-18(24)10-22)9-17-4-6-21(15(2)8-17)27-13-19(25)11-23/h3-8,18-19,22-25H,9-13H2,1-2H3. The molecule has 2 rings (SSSR count). The Bertz CT molecular complexity index is 669. The lowest BCUT2D eigenvalue weighted by Crippen LogP contribution is -2.21. The zero-order valence-corrected chi connectivity index (χ0v) is 15.8. The Morgan fingerprint density at radius 1 is 0.741 bits per heavy atom. The highest BCUT2D eigenvalue weighted by atomic mass is 16.5. The van der Waals surface area contributed by atoms with Crippen LogP contribution in [0, 0.1) is 13.8 Å². The summed E-state index contributed by atoms with van der Waals surface area (Å²) in [6, 6.07) is 11.8. The highest BCUT2D eigenvalue weighted by molar-refractivity contribution is 5.41. The Kier molecular flexibility index (Phi) is 8.06. The molecule has 0 aliphatic rings. The van der Waals surface area contributed by atoms with Crippen molar-refractivity contribution < 1.29 is 29.9 Å². The van der Waals surface area contributed by atoms with E-state index in [2.05, 4.69) is 0 Å². The lowest BCUT2D eigenvalue weighted by Gasteiger charge is -2.14. The van der Waals surface area contributed by atoms with Crippen LogP contribution in [0.5, 0.6) is 11.5 Å². The molecule has 0 saturated heterocycles. The van der Waals surface area contributed by atoms with Crippen LogP contribution >= 0.6 is 0 Å². The summed E-state index contributed by atoms with van der Waals surface area (Å²) in [5.41, 5.74) is 4.19. The number of benzene rings is 2. The molecule has 0 saturated carbocycles. The molecule has 6 nitrogen and oxygen atoms in total. The van der Waals surface area contributed by atoms with Gasteiger partial charge >= 0.3 is 0 Å². The van der Waals surface area contributed by atoms with E-state index in [9.17, 15) is 10.2 Å². The normalized spacial score (nSPS) is 13.3. The molecule has 2 unspecified atom stereocenters. The quantitative estimate of drug-likeness (QED) is 0.500. The highest BCUT2D eigenvalue weighted by Crippen LogP contribution is 2.24. The number of hydrogen-bond donors (Lipinski definition) is 4. The summed E-state index contributed by atoms with van der Waals surface area (Å²) in [5, 5.41) is 36.4. The van der Waals surface area contributed by atoms with E-state index < -0.39 is 12.2 Å². The molecule has 27 heavy (non-hydrogen) atoms. The summed E-state index contributed by atoms with van der Waals surface area (Å²) in [7, 11) is 0. The summed E-state index contributed by atoms with van der Waals surface area (Å²) in [4.78, 5) is 0. The van der Waals surface area contributed by atoms with Crippen molar-refractivity contribution in [2.45, 2.75) is 32.5 Å². The maximum Gasteiger partial charge on any atom is 0.122 e. The monoisotopic (exact) mass is 376 g/mol. The molecule has 6 heteroatoms. The molecular formula is C21H28O6. The van der Waals surface area contributed by atoms with Crippen molar-refractivity contribution in [3.8, 4) is 11.5 Å². The van der Waals surface area contributed by atoms with E-state index in [0.717, 1.165) is 28.7 Å². The summed E-state index contributed by atoms with van der Waals surface area (Å²) in [6.45, 7) is 3.35. The van der Waals surface area contributed by atoms with E-state index in [1.807, 2.05) is 50.2 Å². The third kappa shape index (κ3) is 6.52. The molecule has 2 aromatic carbocycles. The molecule has 148 valence electrons. The number of rotatable bonds is 10. The lowest BCUT2D eigenvalue weighted by molar-refractivity contribution is 0.0534. The minimum Gasteiger partial charge on any atom is -0.491 e. The zero-order chi connectivity index (χ0) is 19.8. The van der Waals surface area contributed by atoms with Crippen molar-refractivity contribution in [2.24, 2.45) is 0 Å². The summed E-state index contributed by atoms with van der Waals surface area (Å²) < 4.78 is 11.0. The van der Waals surface area contributed by atoms with Gasteiger partial charge in [0.2, 0.25) is 0 Å². The van der Waals surface area contributed by atoms with Crippen molar-refractivity contribution in [1.82, 2.24) is 0 Å². The minimum atomic E-state index is -0.883. The molecular weight excluding hydrogens is 348 g/mol. The minimum absolute atomic E-state index is 0.0579. The van der Waals surface area contributed by atoms with Crippen molar-refractivity contribution in [3.05, 3.63) is 58.7 Å². The average molecular weight is 376 g/mol. The molecule has 0 aliphatic carbocycles. The van der Waals surface area contributed by atoms with Gasteiger partial charge in [-0.25, -0.2) is 0 Å². The molecule has 2 atom stereocenters. The topological polar surface area (TPSA) is 99.4 Å². The fourth-order valence-corrected chi connectivity index (χ4v) is 2.68. The van der Waals surface area contributed by atoms with E-state index in [0.29, 0.717) is 11.5 Å². The molecule has 2 aromatic rings. The Hall–Kier alpha value is -2.12. The first kappa shape index (κ1) is 21.2. The zero-order valence-electron chi connectivity index (χ0n) is 15.8. The van der Waals surface area contributed by atoms with Gasteiger partial charge in [-0.1, -0.05) is 24.3 Å². The van der Waals surface area contributed by atoms with E-state index in [1.54, 1.807) is 0 Å². The molecule has 0 radical (unpaired) electrons. The molecule has 0 fully saturated rings. The van der Waals surface area contributed by atoms with Gasteiger partial charge in [0.15, 0.2) is 0 Å². The van der Waals surface area contributed by atoms with E-state index in [-0.39, 0.29) is 26.4 Å². The van der Waals surface area contributed by atoms with Crippen molar-refractivity contribution >= 4 is 0 Å². The summed E-state index contributed by atoms with van der Waals surface area (Å²) in [6.07, 6.45) is -1.02. The van der Waals surface area contributed by atoms with Gasteiger partial charge in [-0.3, -0.25) is 0 Å². The lowest BCUT2D eigenvalue weighted by atomic mass is 10.0. The predicted molar refractivity (Wildman–Crippen MR) is 102 cm³/mol. The van der Waals surface area contributed by atoms with Crippen molar-refractivity contribution in [2.75, 3.05) is 26.4 Å². The summed E-state index contributed by atoms with van der Waals surface area (Å²) >= 11 is 0. The predicted octanol–water partition coefficient (Wildman–Crippen LogP) is 1.36.